The summed E-state index contributed by atoms with van der Waals surface area (Å²) in [7, 11) is 0. The Bertz CT molecular complexity index is 405. The van der Waals surface area contributed by atoms with Crippen molar-refractivity contribution in [3.63, 3.8) is 0 Å². The largest absolute Gasteiger partial charge is 0.294 e. The van der Waals surface area contributed by atoms with Crippen LogP contribution < -0.4 is 0 Å². The Balaban J connectivity index is 2.71. The SMILES string of the molecule is Cc1cc2c(c(C)n1)C(=O)CC=C2. The van der Waals surface area contributed by atoms with E-state index in [1.807, 2.05) is 32.1 Å². The molecule has 0 saturated carbocycles. The van der Waals surface area contributed by atoms with Crippen molar-refractivity contribution in [2.45, 2.75) is 20.3 Å². The molecule has 0 atom stereocenters. The van der Waals surface area contributed by atoms with Gasteiger partial charge in [0.25, 0.3) is 0 Å². The maximum atomic E-state index is 11.5. The highest BCUT2D eigenvalue weighted by molar-refractivity contribution is 6.03. The Labute approximate surface area is 77.3 Å². The fourth-order valence-corrected chi connectivity index (χ4v) is 1.75. The van der Waals surface area contributed by atoms with Gasteiger partial charge in [0.05, 0.1) is 0 Å². The summed E-state index contributed by atoms with van der Waals surface area (Å²) in [5, 5.41) is 0. The number of Topliss-reactive ketones (excluding diaryl/α,β-unsaturated/α-hetero) is 1. The van der Waals surface area contributed by atoms with Crippen LogP contribution in [0.5, 0.6) is 0 Å². The third-order valence-corrected chi connectivity index (χ3v) is 2.24. The minimum atomic E-state index is 0.183. The first kappa shape index (κ1) is 8.17. The van der Waals surface area contributed by atoms with Gasteiger partial charge in [-0.15, -0.1) is 0 Å². The quantitative estimate of drug-likeness (QED) is 0.602. The van der Waals surface area contributed by atoms with Crippen molar-refractivity contribution in [2.75, 3.05) is 0 Å². The van der Waals surface area contributed by atoms with Crippen LogP contribution in [-0.2, 0) is 0 Å². The van der Waals surface area contributed by atoms with Crippen molar-refractivity contribution < 1.29 is 4.79 Å². The predicted octanol–water partition coefficient (Wildman–Crippen LogP) is 2.30. The van der Waals surface area contributed by atoms with Crippen LogP contribution in [0.1, 0.15) is 33.7 Å². The molecule has 0 amide bonds. The summed E-state index contributed by atoms with van der Waals surface area (Å²) in [6.07, 6.45) is 4.42. The molecule has 1 aliphatic carbocycles. The van der Waals surface area contributed by atoms with E-state index in [4.69, 9.17) is 0 Å². The lowest BCUT2D eigenvalue weighted by Gasteiger charge is -2.12. The first-order valence-corrected chi connectivity index (χ1v) is 4.36. The van der Waals surface area contributed by atoms with Gasteiger partial charge in [-0.05, 0) is 25.5 Å². The van der Waals surface area contributed by atoms with Gasteiger partial charge in [-0.3, -0.25) is 9.78 Å². The molecule has 1 aromatic heterocycles. The second-order valence-corrected chi connectivity index (χ2v) is 3.34. The van der Waals surface area contributed by atoms with Gasteiger partial charge in [-0.25, -0.2) is 0 Å². The van der Waals surface area contributed by atoms with Crippen molar-refractivity contribution in [1.82, 2.24) is 4.98 Å². The summed E-state index contributed by atoms with van der Waals surface area (Å²) in [4.78, 5) is 15.8. The molecule has 66 valence electrons. The smallest absolute Gasteiger partial charge is 0.169 e. The number of nitrogens with zero attached hydrogens (tertiary/aromatic N) is 1. The van der Waals surface area contributed by atoms with E-state index in [2.05, 4.69) is 4.98 Å². The molecule has 0 saturated heterocycles. The number of fused-ring (bicyclic) bond motifs is 1. The number of carbonyl (C=O) groups excluding carboxylic acids is 1. The Morgan fingerprint density at radius 1 is 1.38 bits per heavy atom. The Morgan fingerprint density at radius 3 is 2.92 bits per heavy atom. The molecular weight excluding hydrogens is 162 g/mol. The average molecular weight is 173 g/mol. The maximum absolute atomic E-state index is 11.5. The summed E-state index contributed by atoms with van der Waals surface area (Å²) >= 11 is 0. The van der Waals surface area contributed by atoms with Crippen LogP contribution in [-0.4, -0.2) is 10.8 Å². The molecule has 0 spiro atoms. The molecule has 0 bridgehead atoms. The summed E-state index contributed by atoms with van der Waals surface area (Å²) in [5.74, 6) is 0.183. The predicted molar refractivity (Wildman–Crippen MR) is 51.7 cm³/mol. The van der Waals surface area contributed by atoms with Gasteiger partial charge >= 0.3 is 0 Å². The molecule has 2 heteroatoms. The van der Waals surface area contributed by atoms with E-state index >= 15 is 0 Å². The van der Waals surface area contributed by atoms with Crippen LogP contribution in [0.2, 0.25) is 0 Å². The van der Waals surface area contributed by atoms with Gasteiger partial charge in [0.1, 0.15) is 0 Å². The highest BCUT2D eigenvalue weighted by atomic mass is 16.1. The molecule has 13 heavy (non-hydrogen) atoms. The number of rotatable bonds is 0. The standard InChI is InChI=1S/C11H11NO/c1-7-6-9-4-3-5-10(13)11(9)8(2)12-7/h3-4,6H,5H2,1-2H3. The molecule has 0 aliphatic heterocycles. The van der Waals surface area contributed by atoms with Crippen molar-refractivity contribution in [2.24, 2.45) is 0 Å². The lowest BCUT2D eigenvalue weighted by Crippen LogP contribution is -2.09. The Hall–Kier alpha value is -1.44. The van der Waals surface area contributed by atoms with E-state index in [0.717, 1.165) is 22.5 Å². The van der Waals surface area contributed by atoms with Crippen molar-refractivity contribution >= 4 is 11.9 Å². The van der Waals surface area contributed by atoms with Crippen LogP contribution in [0, 0.1) is 13.8 Å². The normalized spacial score (nSPS) is 14.5. The lowest BCUT2D eigenvalue weighted by molar-refractivity contribution is 0.0993. The van der Waals surface area contributed by atoms with Gasteiger partial charge in [0.2, 0.25) is 0 Å². The number of aryl methyl sites for hydroxylation is 2. The molecule has 1 heterocycles. The summed E-state index contributed by atoms with van der Waals surface area (Å²) in [5.41, 5.74) is 3.63. The summed E-state index contributed by atoms with van der Waals surface area (Å²) in [6, 6.07) is 1.95. The molecule has 1 aromatic rings. The first-order chi connectivity index (χ1) is 6.18. The van der Waals surface area contributed by atoms with E-state index in [9.17, 15) is 4.79 Å². The van der Waals surface area contributed by atoms with E-state index in [1.165, 1.54) is 0 Å². The van der Waals surface area contributed by atoms with Gasteiger partial charge < -0.3 is 0 Å². The summed E-state index contributed by atoms with van der Waals surface area (Å²) < 4.78 is 0. The fraction of sp³-hybridized carbons (Fsp3) is 0.273. The lowest BCUT2D eigenvalue weighted by atomic mass is 9.95. The van der Waals surface area contributed by atoms with Crippen LogP contribution in [0.4, 0.5) is 0 Å². The number of hydrogen-bond acceptors (Lipinski definition) is 2. The van der Waals surface area contributed by atoms with Gasteiger partial charge in [-0.1, -0.05) is 12.2 Å². The number of pyridine rings is 1. The molecule has 1 aliphatic rings. The number of aromatic nitrogens is 1. The third-order valence-electron chi connectivity index (χ3n) is 2.24. The molecule has 0 N–H and O–H groups in total. The number of ketones is 1. The number of allylic oxidation sites excluding steroid dienone is 1. The zero-order chi connectivity index (χ0) is 9.42. The fourth-order valence-electron chi connectivity index (χ4n) is 1.75. The van der Waals surface area contributed by atoms with Gasteiger partial charge in [0.15, 0.2) is 5.78 Å². The molecule has 0 aromatic carbocycles. The zero-order valence-electron chi connectivity index (χ0n) is 7.79. The monoisotopic (exact) mass is 173 g/mol. The van der Waals surface area contributed by atoms with Gasteiger partial charge in [-0.2, -0.15) is 0 Å². The molecule has 2 rings (SSSR count). The topological polar surface area (TPSA) is 30.0 Å². The van der Waals surface area contributed by atoms with Crippen LogP contribution in [0.3, 0.4) is 0 Å². The maximum Gasteiger partial charge on any atom is 0.169 e. The molecular formula is C11H11NO. The minimum absolute atomic E-state index is 0.183. The third kappa shape index (κ3) is 1.28. The molecule has 0 radical (unpaired) electrons. The first-order valence-electron chi connectivity index (χ1n) is 4.36. The highest BCUT2D eigenvalue weighted by Crippen LogP contribution is 2.21. The number of hydrogen-bond donors (Lipinski definition) is 0. The summed E-state index contributed by atoms with van der Waals surface area (Å²) in [6.45, 7) is 3.84. The Morgan fingerprint density at radius 2 is 2.15 bits per heavy atom. The molecule has 0 fully saturated rings. The minimum Gasteiger partial charge on any atom is -0.294 e. The van der Waals surface area contributed by atoms with Crippen LogP contribution in [0.15, 0.2) is 12.1 Å². The van der Waals surface area contributed by atoms with Crippen LogP contribution >= 0.6 is 0 Å². The van der Waals surface area contributed by atoms with E-state index in [0.29, 0.717) is 6.42 Å². The zero-order valence-corrected chi connectivity index (χ0v) is 7.79. The van der Waals surface area contributed by atoms with E-state index in [1.54, 1.807) is 0 Å². The van der Waals surface area contributed by atoms with E-state index in [-0.39, 0.29) is 5.78 Å². The average Bonchev–Trinajstić information content (AvgIpc) is 2.02. The van der Waals surface area contributed by atoms with Crippen LogP contribution in [0.25, 0.3) is 6.08 Å². The second kappa shape index (κ2) is 2.80. The van der Waals surface area contributed by atoms with E-state index < -0.39 is 0 Å². The van der Waals surface area contributed by atoms with Crippen molar-refractivity contribution in [3.05, 3.63) is 34.7 Å². The Kier molecular flexibility index (Phi) is 1.76. The number of carbonyl (C=O) groups is 1. The highest BCUT2D eigenvalue weighted by Gasteiger charge is 2.16. The molecule has 0 unspecified atom stereocenters. The van der Waals surface area contributed by atoms with Crippen molar-refractivity contribution in [3.8, 4) is 0 Å². The van der Waals surface area contributed by atoms with Crippen molar-refractivity contribution in [1.29, 1.82) is 0 Å². The molecule has 2 nitrogen and oxygen atoms in total. The second-order valence-electron chi connectivity index (χ2n) is 3.34. The van der Waals surface area contributed by atoms with Gasteiger partial charge in [0, 0.05) is 23.4 Å².